The van der Waals surface area contributed by atoms with E-state index in [0.717, 1.165) is 5.56 Å². The van der Waals surface area contributed by atoms with Crippen molar-refractivity contribution in [3.63, 3.8) is 0 Å². The minimum atomic E-state index is 0.841. The molecule has 0 atom stereocenters. The van der Waals surface area contributed by atoms with Gasteiger partial charge in [0.25, 0.3) is 0 Å². The van der Waals surface area contributed by atoms with Crippen molar-refractivity contribution in [1.82, 2.24) is 0 Å². The van der Waals surface area contributed by atoms with Gasteiger partial charge in [-0.3, -0.25) is 0 Å². The van der Waals surface area contributed by atoms with Gasteiger partial charge in [0.1, 0.15) is 0 Å². The van der Waals surface area contributed by atoms with Crippen molar-refractivity contribution in [2.75, 3.05) is 0 Å². The van der Waals surface area contributed by atoms with Crippen molar-refractivity contribution in [1.29, 1.82) is 0 Å². The molecule has 0 unspecified atom stereocenters. The van der Waals surface area contributed by atoms with Gasteiger partial charge in [-0.15, -0.1) is 0 Å². The van der Waals surface area contributed by atoms with E-state index in [2.05, 4.69) is 0 Å². The molecule has 0 aliphatic carbocycles. The molecule has 1 radical (unpaired) electrons. The Morgan fingerprint density at radius 3 is 2.40 bits per heavy atom. The Labute approximate surface area is 60.0 Å². The van der Waals surface area contributed by atoms with Crippen LogP contribution in [0.5, 0.6) is 0 Å². The van der Waals surface area contributed by atoms with Crippen LogP contribution in [-0.2, 0) is 0 Å². The van der Waals surface area contributed by atoms with E-state index < -0.39 is 0 Å². The van der Waals surface area contributed by atoms with E-state index in [0.29, 0.717) is 0 Å². The summed E-state index contributed by atoms with van der Waals surface area (Å²) < 4.78 is 11.5. The standard InChI is InChI=1S/C9H8F/c1-8-2-4-9(5-3-8)6-7-10/h2-6H,1H3. The lowest BCUT2D eigenvalue weighted by atomic mass is 10.1. The van der Waals surface area contributed by atoms with Crippen molar-refractivity contribution >= 4 is 6.08 Å². The third kappa shape index (κ3) is 1.69. The molecule has 10 heavy (non-hydrogen) atoms. The fourth-order valence-electron chi connectivity index (χ4n) is 0.726. The smallest absolute Gasteiger partial charge is 0.159 e. The van der Waals surface area contributed by atoms with E-state index in [1.165, 1.54) is 18.0 Å². The Morgan fingerprint density at radius 2 is 1.90 bits per heavy atom. The summed E-state index contributed by atoms with van der Waals surface area (Å²) in [6, 6.07) is 7.57. The van der Waals surface area contributed by atoms with Crippen LogP contribution in [0.1, 0.15) is 11.1 Å². The van der Waals surface area contributed by atoms with Crippen molar-refractivity contribution in [3.8, 4) is 0 Å². The summed E-state index contributed by atoms with van der Waals surface area (Å²) in [6.45, 7) is 1.99. The third-order valence-electron chi connectivity index (χ3n) is 1.30. The highest BCUT2D eigenvalue weighted by atomic mass is 19.1. The van der Waals surface area contributed by atoms with Crippen molar-refractivity contribution in [2.24, 2.45) is 0 Å². The van der Waals surface area contributed by atoms with Crippen LogP contribution in [0.4, 0.5) is 4.39 Å². The lowest BCUT2D eigenvalue weighted by molar-refractivity contribution is 0.691. The van der Waals surface area contributed by atoms with Crippen LogP contribution < -0.4 is 0 Å². The molecular weight excluding hydrogens is 127 g/mol. The number of benzene rings is 1. The molecule has 0 spiro atoms. The van der Waals surface area contributed by atoms with Gasteiger partial charge in [0.15, 0.2) is 6.33 Å². The molecule has 1 heteroatoms. The number of rotatable bonds is 1. The lowest BCUT2D eigenvalue weighted by Gasteiger charge is -1.91. The highest BCUT2D eigenvalue weighted by Gasteiger charge is 1.84. The second-order valence-corrected chi connectivity index (χ2v) is 2.16. The minimum absolute atomic E-state index is 0.841. The van der Waals surface area contributed by atoms with Crippen LogP contribution in [0.25, 0.3) is 6.08 Å². The first-order valence-corrected chi connectivity index (χ1v) is 3.09. The van der Waals surface area contributed by atoms with E-state index in [1.807, 2.05) is 31.2 Å². The van der Waals surface area contributed by atoms with Crippen molar-refractivity contribution in [2.45, 2.75) is 6.92 Å². The van der Waals surface area contributed by atoms with Crippen LogP contribution in [0.2, 0.25) is 0 Å². The summed E-state index contributed by atoms with van der Waals surface area (Å²) in [5, 5.41) is 0. The topological polar surface area (TPSA) is 0 Å². The number of hydrogen-bond acceptors (Lipinski definition) is 0. The first-order valence-electron chi connectivity index (χ1n) is 3.09. The van der Waals surface area contributed by atoms with Gasteiger partial charge in [-0.05, 0) is 18.6 Å². The average molecular weight is 135 g/mol. The van der Waals surface area contributed by atoms with Crippen LogP contribution in [0.3, 0.4) is 0 Å². The minimum Gasteiger partial charge on any atom is -0.204 e. The zero-order chi connectivity index (χ0) is 7.40. The van der Waals surface area contributed by atoms with Crippen LogP contribution >= 0.6 is 0 Å². The largest absolute Gasteiger partial charge is 0.204 e. The molecule has 0 bridgehead atoms. The van der Waals surface area contributed by atoms with E-state index in [-0.39, 0.29) is 0 Å². The molecular formula is C9H8F. The first kappa shape index (κ1) is 7.00. The SMILES string of the molecule is Cc1ccc(C=[C]F)cc1. The van der Waals surface area contributed by atoms with Gasteiger partial charge in [-0.2, -0.15) is 0 Å². The zero-order valence-electron chi connectivity index (χ0n) is 5.76. The number of hydrogen-bond donors (Lipinski definition) is 0. The Morgan fingerprint density at radius 1 is 1.30 bits per heavy atom. The Hall–Kier alpha value is -1.11. The first-order chi connectivity index (χ1) is 4.83. The summed E-state index contributed by atoms with van der Waals surface area (Å²) in [7, 11) is 0. The number of halogens is 1. The fraction of sp³-hybridized carbons (Fsp3) is 0.111. The Balaban J connectivity index is 2.89. The van der Waals surface area contributed by atoms with Crippen LogP contribution in [0.15, 0.2) is 24.3 Å². The average Bonchev–Trinajstić information content (AvgIpc) is 1.95. The van der Waals surface area contributed by atoms with Gasteiger partial charge in [0.2, 0.25) is 0 Å². The quantitative estimate of drug-likeness (QED) is 0.555. The van der Waals surface area contributed by atoms with Crippen molar-refractivity contribution < 1.29 is 4.39 Å². The molecule has 0 fully saturated rings. The maximum Gasteiger partial charge on any atom is 0.159 e. The molecule has 1 rings (SSSR count). The summed E-state index contributed by atoms with van der Waals surface area (Å²) in [5.74, 6) is 0. The molecule has 1 aromatic carbocycles. The molecule has 1 aromatic rings. The molecule has 51 valence electrons. The Bertz CT molecular complexity index is 221. The molecule has 0 saturated heterocycles. The van der Waals surface area contributed by atoms with Gasteiger partial charge in [0.05, 0.1) is 0 Å². The fourth-order valence-corrected chi connectivity index (χ4v) is 0.726. The van der Waals surface area contributed by atoms with Gasteiger partial charge in [0, 0.05) is 0 Å². The second-order valence-electron chi connectivity index (χ2n) is 2.16. The second kappa shape index (κ2) is 3.16. The predicted octanol–water partition coefficient (Wildman–Crippen LogP) is 2.74. The van der Waals surface area contributed by atoms with Gasteiger partial charge < -0.3 is 0 Å². The van der Waals surface area contributed by atoms with Crippen molar-refractivity contribution in [3.05, 3.63) is 41.7 Å². The molecule has 0 N–H and O–H groups in total. The molecule has 0 aliphatic rings. The summed E-state index contributed by atoms with van der Waals surface area (Å²) in [4.78, 5) is 0. The summed E-state index contributed by atoms with van der Waals surface area (Å²) in [5.41, 5.74) is 2.02. The van der Waals surface area contributed by atoms with Crippen LogP contribution in [-0.4, -0.2) is 0 Å². The van der Waals surface area contributed by atoms with E-state index in [4.69, 9.17) is 0 Å². The monoisotopic (exact) mass is 135 g/mol. The van der Waals surface area contributed by atoms with Gasteiger partial charge >= 0.3 is 0 Å². The highest BCUT2D eigenvalue weighted by Crippen LogP contribution is 2.04. The number of aryl methyl sites for hydroxylation is 1. The van der Waals surface area contributed by atoms with E-state index in [9.17, 15) is 4.39 Å². The lowest BCUT2D eigenvalue weighted by Crippen LogP contribution is -1.71. The summed E-state index contributed by atoms with van der Waals surface area (Å²) >= 11 is 0. The normalized spacial score (nSPS) is 10.6. The van der Waals surface area contributed by atoms with Gasteiger partial charge in [-0.25, -0.2) is 4.39 Å². The third-order valence-corrected chi connectivity index (χ3v) is 1.30. The molecule has 0 saturated carbocycles. The molecule has 0 aliphatic heterocycles. The molecule has 0 aromatic heterocycles. The Kier molecular flexibility index (Phi) is 2.21. The molecule has 0 heterocycles. The zero-order valence-corrected chi connectivity index (χ0v) is 5.76. The predicted molar refractivity (Wildman–Crippen MR) is 40.0 cm³/mol. The van der Waals surface area contributed by atoms with Gasteiger partial charge in [-0.1, -0.05) is 29.8 Å². The maximum atomic E-state index is 11.5. The summed E-state index contributed by atoms with van der Waals surface area (Å²) in [6.07, 6.45) is 2.78. The van der Waals surface area contributed by atoms with E-state index in [1.54, 1.807) is 0 Å². The molecule has 0 nitrogen and oxygen atoms in total. The van der Waals surface area contributed by atoms with Crippen LogP contribution in [0, 0.1) is 13.3 Å². The van der Waals surface area contributed by atoms with E-state index >= 15 is 0 Å². The highest BCUT2D eigenvalue weighted by molar-refractivity contribution is 5.46. The maximum absolute atomic E-state index is 11.5. The molecule has 0 amide bonds.